The van der Waals surface area contributed by atoms with E-state index in [0.717, 1.165) is 24.4 Å². The normalized spacial score (nSPS) is 16.2. The van der Waals surface area contributed by atoms with Gasteiger partial charge in [-0.3, -0.25) is 14.5 Å². The Hall–Kier alpha value is -2.56. The number of nitrogens with one attached hydrogen (secondary N) is 2. The molecule has 0 radical (unpaired) electrons. The molecule has 2 aromatic rings. The fraction of sp³-hybridized carbons (Fsp3) is 0.500. The van der Waals surface area contributed by atoms with Crippen LogP contribution in [0.25, 0.3) is 0 Å². The quantitative estimate of drug-likeness (QED) is 0.554. The maximum absolute atomic E-state index is 12.5. The van der Waals surface area contributed by atoms with Crippen LogP contribution in [0.1, 0.15) is 24.3 Å². The number of hydrogen-bond acceptors (Lipinski definition) is 8. The molecular formula is C22H30N4O5S. The second kappa shape index (κ2) is 11.9. The van der Waals surface area contributed by atoms with Crippen LogP contribution in [-0.2, 0) is 14.3 Å². The van der Waals surface area contributed by atoms with Gasteiger partial charge in [-0.1, -0.05) is 17.3 Å². The summed E-state index contributed by atoms with van der Waals surface area (Å²) in [6.07, 6.45) is 0. The Morgan fingerprint density at radius 2 is 1.97 bits per heavy atom. The number of methoxy groups -OCH3 is 1. The van der Waals surface area contributed by atoms with E-state index in [9.17, 15) is 9.59 Å². The predicted octanol–water partition coefficient (Wildman–Crippen LogP) is 2.24. The van der Waals surface area contributed by atoms with E-state index >= 15 is 0 Å². The summed E-state index contributed by atoms with van der Waals surface area (Å²) in [6, 6.07) is 9.59. The van der Waals surface area contributed by atoms with Gasteiger partial charge in [0.15, 0.2) is 5.82 Å². The van der Waals surface area contributed by atoms with E-state index in [2.05, 4.69) is 20.7 Å². The average molecular weight is 463 g/mol. The molecule has 1 aromatic carbocycles. The Balaban J connectivity index is 1.50. The lowest BCUT2D eigenvalue weighted by atomic mass is 10.0. The molecule has 2 amide bonds. The Bertz CT molecular complexity index is 883. The van der Waals surface area contributed by atoms with Gasteiger partial charge in [-0.25, -0.2) is 0 Å². The van der Waals surface area contributed by atoms with Gasteiger partial charge in [0, 0.05) is 25.7 Å². The monoisotopic (exact) mass is 462 g/mol. The second-order valence-electron chi connectivity index (χ2n) is 7.51. The zero-order valence-electron chi connectivity index (χ0n) is 18.6. The number of carbonyl (C=O) groups excluding carboxylic acids is 2. The van der Waals surface area contributed by atoms with Crippen molar-refractivity contribution in [2.75, 3.05) is 51.0 Å². The van der Waals surface area contributed by atoms with Crippen LogP contribution in [0.3, 0.4) is 0 Å². The largest absolute Gasteiger partial charge is 0.497 e. The highest BCUT2D eigenvalue weighted by atomic mass is 32.2. The lowest BCUT2D eigenvalue weighted by Crippen LogP contribution is -2.44. The number of morpholine rings is 1. The van der Waals surface area contributed by atoms with E-state index in [1.165, 1.54) is 11.8 Å². The third-order valence-corrected chi connectivity index (χ3v) is 6.34. The summed E-state index contributed by atoms with van der Waals surface area (Å²) < 4.78 is 15.7. The molecule has 1 aromatic heterocycles. The fourth-order valence-electron chi connectivity index (χ4n) is 3.36. The average Bonchev–Trinajstić information content (AvgIpc) is 3.23. The summed E-state index contributed by atoms with van der Waals surface area (Å²) >= 11 is 1.27. The summed E-state index contributed by atoms with van der Waals surface area (Å²) in [6.45, 7) is 6.95. The maximum Gasteiger partial charge on any atom is 0.238 e. The summed E-state index contributed by atoms with van der Waals surface area (Å²) in [7, 11) is 1.64. The molecule has 0 saturated carbocycles. The molecule has 1 fully saturated rings. The summed E-state index contributed by atoms with van der Waals surface area (Å²) in [5.41, 5.74) is 1.11. The zero-order chi connectivity index (χ0) is 22.9. The molecule has 0 bridgehead atoms. The Labute approximate surface area is 192 Å². The van der Waals surface area contributed by atoms with Crippen molar-refractivity contribution in [3.8, 4) is 5.75 Å². The molecule has 32 heavy (non-hydrogen) atoms. The van der Waals surface area contributed by atoms with Crippen molar-refractivity contribution in [1.82, 2.24) is 15.4 Å². The van der Waals surface area contributed by atoms with Gasteiger partial charge in [0.05, 0.1) is 37.4 Å². The number of ether oxygens (including phenoxy) is 2. The molecule has 0 aliphatic carbocycles. The van der Waals surface area contributed by atoms with Crippen LogP contribution < -0.4 is 15.4 Å². The number of benzene rings is 1. The molecule has 174 valence electrons. The van der Waals surface area contributed by atoms with Gasteiger partial charge < -0.3 is 24.6 Å². The Kier molecular flexibility index (Phi) is 8.95. The molecule has 2 unspecified atom stereocenters. The van der Waals surface area contributed by atoms with Gasteiger partial charge in [-0.15, -0.1) is 11.8 Å². The van der Waals surface area contributed by atoms with Crippen LogP contribution in [0.2, 0.25) is 0 Å². The highest BCUT2D eigenvalue weighted by Gasteiger charge is 2.24. The van der Waals surface area contributed by atoms with Crippen molar-refractivity contribution >= 4 is 29.4 Å². The van der Waals surface area contributed by atoms with Crippen LogP contribution in [0.15, 0.2) is 34.9 Å². The second-order valence-corrected chi connectivity index (χ2v) is 8.84. The van der Waals surface area contributed by atoms with E-state index in [4.69, 9.17) is 14.0 Å². The van der Waals surface area contributed by atoms with Crippen molar-refractivity contribution in [1.29, 1.82) is 0 Å². The van der Waals surface area contributed by atoms with Gasteiger partial charge in [-0.2, -0.15) is 0 Å². The highest BCUT2D eigenvalue weighted by Crippen LogP contribution is 2.24. The lowest BCUT2D eigenvalue weighted by Gasteiger charge is -2.35. The SMILES string of the molecule is COc1ccc(C(CNC(=O)CSC(C)C(=O)Nc2cc(C)on2)N2CCOCC2)cc1. The number of carbonyl (C=O) groups is 2. The highest BCUT2D eigenvalue weighted by molar-refractivity contribution is 8.01. The van der Waals surface area contributed by atoms with Crippen molar-refractivity contribution < 1.29 is 23.6 Å². The van der Waals surface area contributed by atoms with E-state index < -0.39 is 5.25 Å². The van der Waals surface area contributed by atoms with E-state index in [1.54, 1.807) is 27.0 Å². The van der Waals surface area contributed by atoms with Crippen molar-refractivity contribution in [2.24, 2.45) is 0 Å². The molecule has 1 saturated heterocycles. The standard InChI is InChI=1S/C22H30N4O5S/c1-15-12-20(25-31-15)24-22(28)16(2)32-14-21(27)23-13-19(26-8-10-30-11-9-26)17-4-6-18(29-3)7-5-17/h4-7,12,16,19H,8-11,13-14H2,1-3H3,(H,23,27)(H,24,25,28). The van der Waals surface area contributed by atoms with Crippen LogP contribution >= 0.6 is 11.8 Å². The number of anilines is 1. The number of thioether (sulfide) groups is 1. The Morgan fingerprint density at radius 3 is 2.59 bits per heavy atom. The minimum absolute atomic E-state index is 0.0369. The van der Waals surface area contributed by atoms with E-state index in [0.29, 0.717) is 31.3 Å². The van der Waals surface area contributed by atoms with E-state index in [1.807, 2.05) is 24.3 Å². The lowest BCUT2D eigenvalue weighted by molar-refractivity contribution is -0.118. The number of amides is 2. The van der Waals surface area contributed by atoms with Crippen LogP contribution in [0.5, 0.6) is 5.75 Å². The van der Waals surface area contributed by atoms with Crippen molar-refractivity contribution in [2.45, 2.75) is 25.1 Å². The predicted molar refractivity (Wildman–Crippen MR) is 123 cm³/mol. The third-order valence-electron chi connectivity index (χ3n) is 5.19. The van der Waals surface area contributed by atoms with Gasteiger partial charge in [-0.05, 0) is 31.5 Å². The number of aryl methyl sites for hydroxylation is 1. The minimum atomic E-state index is -0.408. The molecule has 2 atom stereocenters. The summed E-state index contributed by atoms with van der Waals surface area (Å²) in [5, 5.41) is 9.05. The molecule has 2 N–H and O–H groups in total. The molecule has 1 aliphatic heterocycles. The summed E-state index contributed by atoms with van der Waals surface area (Å²) in [4.78, 5) is 27.1. The zero-order valence-corrected chi connectivity index (χ0v) is 19.4. The third kappa shape index (κ3) is 6.98. The molecule has 9 nitrogen and oxygen atoms in total. The van der Waals surface area contributed by atoms with Gasteiger partial charge in [0.2, 0.25) is 11.8 Å². The first-order valence-corrected chi connectivity index (χ1v) is 11.6. The van der Waals surface area contributed by atoms with Crippen molar-refractivity contribution in [3.63, 3.8) is 0 Å². The van der Waals surface area contributed by atoms with Gasteiger partial charge >= 0.3 is 0 Å². The van der Waals surface area contributed by atoms with Crippen LogP contribution in [0, 0.1) is 6.92 Å². The number of rotatable bonds is 10. The first-order chi connectivity index (χ1) is 15.5. The molecule has 10 heteroatoms. The smallest absolute Gasteiger partial charge is 0.238 e. The minimum Gasteiger partial charge on any atom is -0.497 e. The fourth-order valence-corrected chi connectivity index (χ4v) is 4.08. The van der Waals surface area contributed by atoms with E-state index in [-0.39, 0.29) is 23.6 Å². The van der Waals surface area contributed by atoms with Crippen LogP contribution in [-0.4, -0.2) is 72.8 Å². The van der Waals surface area contributed by atoms with Gasteiger partial charge in [0.25, 0.3) is 0 Å². The molecule has 2 heterocycles. The van der Waals surface area contributed by atoms with Crippen molar-refractivity contribution in [3.05, 3.63) is 41.7 Å². The topological polar surface area (TPSA) is 106 Å². The molecule has 3 rings (SSSR count). The molecular weight excluding hydrogens is 432 g/mol. The first-order valence-electron chi connectivity index (χ1n) is 10.5. The number of hydrogen-bond donors (Lipinski definition) is 2. The maximum atomic E-state index is 12.5. The summed E-state index contributed by atoms with van der Waals surface area (Å²) in [5.74, 6) is 1.64. The molecule has 1 aliphatic rings. The Morgan fingerprint density at radius 1 is 1.25 bits per heavy atom. The number of nitrogens with zero attached hydrogens (tertiary/aromatic N) is 2. The molecule has 0 spiro atoms. The first kappa shape index (κ1) is 24.1. The number of aromatic nitrogens is 1. The van der Waals surface area contributed by atoms with Gasteiger partial charge in [0.1, 0.15) is 11.5 Å². The van der Waals surface area contributed by atoms with Crippen LogP contribution in [0.4, 0.5) is 5.82 Å².